The molecule has 0 bridgehead atoms. The van der Waals surface area contributed by atoms with Gasteiger partial charge in [-0.15, -0.1) is 11.3 Å². The molecule has 0 unspecified atom stereocenters. The lowest BCUT2D eigenvalue weighted by molar-refractivity contribution is 0.593. The molecule has 6 heteroatoms. The largest absolute Gasteiger partial charge is 0.312 e. The number of nitrogens with zero attached hydrogens (tertiary/aromatic N) is 1. The standard InChI is InChI=1S/C10H4F2N2OS/c11-4-1-5-7-9(10(15)14-3-13-7)16-8(5)6(12)2-4/h1-3H,(H,13,14,15). The van der Waals surface area contributed by atoms with Crippen molar-refractivity contribution in [2.24, 2.45) is 0 Å². The summed E-state index contributed by atoms with van der Waals surface area (Å²) in [7, 11) is 0. The summed E-state index contributed by atoms with van der Waals surface area (Å²) in [6.07, 6.45) is 1.22. The molecule has 2 heterocycles. The van der Waals surface area contributed by atoms with Crippen LogP contribution >= 0.6 is 11.3 Å². The van der Waals surface area contributed by atoms with Crippen molar-refractivity contribution >= 4 is 31.6 Å². The van der Waals surface area contributed by atoms with Crippen LogP contribution in [-0.4, -0.2) is 9.97 Å². The van der Waals surface area contributed by atoms with Crippen LogP contribution in [0.3, 0.4) is 0 Å². The fraction of sp³-hybridized carbons (Fsp3) is 0. The number of rotatable bonds is 0. The van der Waals surface area contributed by atoms with Gasteiger partial charge in [0.05, 0.1) is 16.5 Å². The maximum atomic E-state index is 13.4. The van der Waals surface area contributed by atoms with E-state index >= 15 is 0 Å². The van der Waals surface area contributed by atoms with Crippen LogP contribution in [0.2, 0.25) is 0 Å². The Labute approximate surface area is 91.4 Å². The number of nitrogens with one attached hydrogen (secondary N) is 1. The van der Waals surface area contributed by atoms with Crippen molar-refractivity contribution in [3.8, 4) is 0 Å². The number of aromatic amines is 1. The van der Waals surface area contributed by atoms with E-state index in [1.54, 1.807) is 0 Å². The summed E-state index contributed by atoms with van der Waals surface area (Å²) in [5, 5.41) is 0.337. The maximum Gasteiger partial charge on any atom is 0.268 e. The molecule has 0 aliphatic rings. The molecule has 0 amide bonds. The van der Waals surface area contributed by atoms with Crippen molar-refractivity contribution in [1.29, 1.82) is 0 Å². The molecule has 0 saturated heterocycles. The van der Waals surface area contributed by atoms with Crippen molar-refractivity contribution < 1.29 is 8.78 Å². The fourth-order valence-electron chi connectivity index (χ4n) is 1.62. The van der Waals surface area contributed by atoms with Gasteiger partial charge in [0, 0.05) is 11.5 Å². The van der Waals surface area contributed by atoms with Gasteiger partial charge in [-0.05, 0) is 6.07 Å². The molecule has 0 radical (unpaired) electrons. The quantitative estimate of drug-likeness (QED) is 0.653. The number of thiophene rings is 1. The highest BCUT2D eigenvalue weighted by atomic mass is 32.1. The molecule has 0 atom stereocenters. The Morgan fingerprint density at radius 1 is 1.25 bits per heavy atom. The van der Waals surface area contributed by atoms with Gasteiger partial charge in [-0.2, -0.15) is 0 Å². The third kappa shape index (κ3) is 1.16. The third-order valence-electron chi connectivity index (χ3n) is 2.28. The summed E-state index contributed by atoms with van der Waals surface area (Å²) in [5.74, 6) is -1.34. The summed E-state index contributed by atoms with van der Waals surface area (Å²) in [4.78, 5) is 17.8. The minimum Gasteiger partial charge on any atom is -0.312 e. The highest BCUT2D eigenvalue weighted by Crippen LogP contribution is 2.32. The molecule has 0 spiro atoms. The monoisotopic (exact) mass is 238 g/mol. The normalized spacial score (nSPS) is 11.4. The van der Waals surface area contributed by atoms with Gasteiger partial charge in [0.1, 0.15) is 16.3 Å². The highest BCUT2D eigenvalue weighted by Gasteiger charge is 2.13. The predicted octanol–water partition coefficient (Wildman–Crippen LogP) is 2.42. The van der Waals surface area contributed by atoms with Crippen molar-refractivity contribution in [3.05, 3.63) is 40.4 Å². The SMILES string of the molecule is O=c1[nH]cnc2c1sc1c(F)cc(F)cc12. The van der Waals surface area contributed by atoms with E-state index in [0.717, 1.165) is 17.4 Å². The number of H-pyrrole nitrogens is 1. The van der Waals surface area contributed by atoms with Crippen LogP contribution in [0, 0.1) is 11.6 Å². The fourth-order valence-corrected chi connectivity index (χ4v) is 2.65. The molecule has 3 nitrogen and oxygen atoms in total. The van der Waals surface area contributed by atoms with Crippen molar-refractivity contribution in [2.75, 3.05) is 0 Å². The number of halogens is 2. The number of aromatic nitrogens is 2. The van der Waals surface area contributed by atoms with E-state index in [9.17, 15) is 13.6 Å². The lowest BCUT2D eigenvalue weighted by Gasteiger charge is -1.92. The molecule has 1 N–H and O–H groups in total. The second-order valence-corrected chi connectivity index (χ2v) is 4.30. The number of hydrogen-bond acceptors (Lipinski definition) is 3. The third-order valence-corrected chi connectivity index (χ3v) is 3.48. The Bertz CT molecular complexity index is 762. The maximum absolute atomic E-state index is 13.4. The lowest BCUT2D eigenvalue weighted by Crippen LogP contribution is -2.03. The van der Waals surface area contributed by atoms with E-state index in [0.29, 0.717) is 15.6 Å². The van der Waals surface area contributed by atoms with Gasteiger partial charge >= 0.3 is 0 Å². The van der Waals surface area contributed by atoms with E-state index in [2.05, 4.69) is 9.97 Å². The van der Waals surface area contributed by atoms with Crippen LogP contribution in [0.5, 0.6) is 0 Å². The van der Waals surface area contributed by atoms with Crippen molar-refractivity contribution in [3.63, 3.8) is 0 Å². The molecule has 3 rings (SSSR count). The minimum atomic E-state index is -0.674. The van der Waals surface area contributed by atoms with Gasteiger partial charge in [0.2, 0.25) is 0 Å². The molecule has 1 aromatic carbocycles. The predicted molar refractivity (Wildman–Crippen MR) is 57.7 cm³/mol. The first-order valence-corrected chi connectivity index (χ1v) is 5.23. The van der Waals surface area contributed by atoms with E-state index in [4.69, 9.17) is 0 Å². The zero-order chi connectivity index (χ0) is 11.3. The molecule has 16 heavy (non-hydrogen) atoms. The zero-order valence-corrected chi connectivity index (χ0v) is 8.57. The lowest BCUT2D eigenvalue weighted by atomic mass is 10.2. The van der Waals surface area contributed by atoms with E-state index in [-0.39, 0.29) is 10.3 Å². The van der Waals surface area contributed by atoms with Gasteiger partial charge in [0.15, 0.2) is 0 Å². The van der Waals surface area contributed by atoms with Crippen LogP contribution in [0.15, 0.2) is 23.3 Å². The molecule has 3 aromatic rings. The Morgan fingerprint density at radius 2 is 2.06 bits per heavy atom. The second kappa shape index (κ2) is 3.08. The molecule has 0 aliphatic heterocycles. The second-order valence-electron chi connectivity index (χ2n) is 3.28. The van der Waals surface area contributed by atoms with Crippen LogP contribution < -0.4 is 5.56 Å². The molecule has 0 saturated carbocycles. The molecule has 0 aliphatic carbocycles. The van der Waals surface area contributed by atoms with Crippen LogP contribution in [-0.2, 0) is 0 Å². The zero-order valence-electron chi connectivity index (χ0n) is 7.75. The van der Waals surface area contributed by atoms with Crippen molar-refractivity contribution in [2.45, 2.75) is 0 Å². The number of benzene rings is 1. The van der Waals surface area contributed by atoms with Gasteiger partial charge in [0.25, 0.3) is 5.56 Å². The first kappa shape index (κ1) is 9.41. The van der Waals surface area contributed by atoms with Gasteiger partial charge < -0.3 is 4.98 Å². The van der Waals surface area contributed by atoms with E-state index in [1.165, 1.54) is 12.4 Å². The average molecular weight is 238 g/mol. The molecule has 0 fully saturated rings. The smallest absolute Gasteiger partial charge is 0.268 e. The van der Waals surface area contributed by atoms with Crippen molar-refractivity contribution in [1.82, 2.24) is 9.97 Å². The molecular formula is C10H4F2N2OS. The highest BCUT2D eigenvalue weighted by molar-refractivity contribution is 7.25. The molecule has 80 valence electrons. The van der Waals surface area contributed by atoms with E-state index < -0.39 is 11.6 Å². The molecule has 2 aromatic heterocycles. The summed E-state index contributed by atoms with van der Waals surface area (Å²) >= 11 is 0.976. The number of hydrogen-bond donors (Lipinski definition) is 1. The first-order chi connectivity index (χ1) is 7.66. The average Bonchev–Trinajstić information content (AvgIpc) is 2.59. The molecular weight excluding hydrogens is 234 g/mol. The first-order valence-electron chi connectivity index (χ1n) is 4.42. The van der Waals surface area contributed by atoms with E-state index in [1.807, 2.05) is 0 Å². The topological polar surface area (TPSA) is 45.8 Å². The number of fused-ring (bicyclic) bond motifs is 3. The minimum absolute atomic E-state index is 0.251. The summed E-state index contributed by atoms with van der Waals surface area (Å²) in [5.41, 5.74) is -0.00634. The van der Waals surface area contributed by atoms with Gasteiger partial charge in [-0.3, -0.25) is 4.79 Å². The van der Waals surface area contributed by atoms with Gasteiger partial charge in [-0.1, -0.05) is 0 Å². The van der Waals surface area contributed by atoms with Gasteiger partial charge in [-0.25, -0.2) is 13.8 Å². The Morgan fingerprint density at radius 3 is 2.88 bits per heavy atom. The van der Waals surface area contributed by atoms with Crippen LogP contribution in [0.4, 0.5) is 8.78 Å². The summed E-state index contributed by atoms with van der Waals surface area (Å²) in [6, 6.07) is 1.98. The Hall–Kier alpha value is -1.82. The Kier molecular flexibility index (Phi) is 1.81. The summed E-state index contributed by atoms with van der Waals surface area (Å²) < 4.78 is 27.1. The summed E-state index contributed by atoms with van der Waals surface area (Å²) in [6.45, 7) is 0. The van der Waals surface area contributed by atoms with Crippen LogP contribution in [0.25, 0.3) is 20.3 Å². The Balaban J connectivity index is 2.66. The van der Waals surface area contributed by atoms with Crippen LogP contribution in [0.1, 0.15) is 0 Å².